The molecule has 2 rings (SSSR count). The number of ether oxygens (including phenoxy) is 1. The number of carbonyl (C=O) groups excluding carboxylic acids is 1. The summed E-state index contributed by atoms with van der Waals surface area (Å²) in [5.74, 6) is 3.03. The van der Waals surface area contributed by atoms with E-state index in [2.05, 4.69) is 6.07 Å². The van der Waals surface area contributed by atoms with Crippen LogP contribution in [0.2, 0.25) is 0 Å². The van der Waals surface area contributed by atoms with Gasteiger partial charge in [-0.15, -0.1) is 0 Å². The Labute approximate surface area is 154 Å². The second-order valence-electron chi connectivity index (χ2n) is 8.42. The minimum atomic E-state index is -0.159. The monoisotopic (exact) mass is 347 g/mol. The fourth-order valence-electron chi connectivity index (χ4n) is 4.95. The molecule has 2 fully saturated rings. The molecule has 0 N–H and O–H groups in total. The molecule has 2 aliphatic carbocycles. The number of esters is 1. The van der Waals surface area contributed by atoms with Crippen LogP contribution in [0.5, 0.6) is 0 Å². The van der Waals surface area contributed by atoms with Crippen molar-refractivity contribution in [3.8, 4) is 6.07 Å². The van der Waals surface area contributed by atoms with Crippen LogP contribution in [-0.2, 0) is 9.53 Å². The third-order valence-electron chi connectivity index (χ3n) is 6.57. The van der Waals surface area contributed by atoms with Gasteiger partial charge in [0.25, 0.3) is 0 Å². The Bertz CT molecular complexity index is 412. The van der Waals surface area contributed by atoms with E-state index in [1.807, 2.05) is 0 Å². The Hall–Kier alpha value is -1.04. The number of nitrogens with zero attached hydrogens (tertiary/aromatic N) is 1. The standard InChI is InChI=1S/C22H37NO2/c1-18(24)25-16-6-4-2-3-5-7-19-8-12-21(13-9-19)22-14-10-20(17-23)11-15-22/h19-22H,2-16H2,1H3. The van der Waals surface area contributed by atoms with Gasteiger partial charge in [-0.05, 0) is 62.7 Å². The van der Waals surface area contributed by atoms with Gasteiger partial charge in [-0.2, -0.15) is 5.26 Å². The minimum absolute atomic E-state index is 0.159. The van der Waals surface area contributed by atoms with E-state index in [-0.39, 0.29) is 5.97 Å². The second kappa shape index (κ2) is 11.6. The van der Waals surface area contributed by atoms with Crippen LogP contribution in [0.3, 0.4) is 0 Å². The van der Waals surface area contributed by atoms with Gasteiger partial charge in [0, 0.05) is 12.8 Å². The van der Waals surface area contributed by atoms with Crippen LogP contribution in [-0.4, -0.2) is 12.6 Å². The van der Waals surface area contributed by atoms with Gasteiger partial charge in [-0.1, -0.05) is 44.9 Å². The van der Waals surface area contributed by atoms with Crippen LogP contribution < -0.4 is 0 Å². The van der Waals surface area contributed by atoms with Crippen LogP contribution in [0.4, 0.5) is 0 Å². The van der Waals surface area contributed by atoms with Gasteiger partial charge in [0.1, 0.15) is 0 Å². The lowest BCUT2D eigenvalue weighted by Gasteiger charge is -2.36. The summed E-state index contributed by atoms with van der Waals surface area (Å²) in [6, 6.07) is 2.46. The van der Waals surface area contributed by atoms with E-state index in [0.29, 0.717) is 12.5 Å². The first-order valence-corrected chi connectivity index (χ1v) is 10.7. The van der Waals surface area contributed by atoms with Crippen LogP contribution in [0.25, 0.3) is 0 Å². The Morgan fingerprint density at radius 3 is 2.04 bits per heavy atom. The maximum absolute atomic E-state index is 10.7. The van der Waals surface area contributed by atoms with E-state index >= 15 is 0 Å². The van der Waals surface area contributed by atoms with Gasteiger partial charge in [0.15, 0.2) is 0 Å². The average Bonchev–Trinajstić information content (AvgIpc) is 2.64. The van der Waals surface area contributed by atoms with Crippen molar-refractivity contribution in [2.75, 3.05) is 6.61 Å². The number of hydrogen-bond acceptors (Lipinski definition) is 3. The van der Waals surface area contributed by atoms with Crippen LogP contribution in [0, 0.1) is 35.0 Å². The zero-order chi connectivity index (χ0) is 17.9. The molecule has 0 unspecified atom stereocenters. The van der Waals surface area contributed by atoms with Gasteiger partial charge < -0.3 is 4.74 Å². The van der Waals surface area contributed by atoms with E-state index in [4.69, 9.17) is 10.00 Å². The molecule has 25 heavy (non-hydrogen) atoms. The minimum Gasteiger partial charge on any atom is -0.466 e. The Morgan fingerprint density at radius 1 is 0.880 bits per heavy atom. The zero-order valence-corrected chi connectivity index (χ0v) is 16.2. The highest BCUT2D eigenvalue weighted by molar-refractivity contribution is 5.65. The molecule has 0 aliphatic heterocycles. The summed E-state index contributed by atoms with van der Waals surface area (Å²) < 4.78 is 4.96. The molecular weight excluding hydrogens is 310 g/mol. The molecule has 0 bridgehead atoms. The highest BCUT2D eigenvalue weighted by Gasteiger charge is 2.30. The van der Waals surface area contributed by atoms with E-state index in [1.165, 1.54) is 77.6 Å². The van der Waals surface area contributed by atoms with Crippen molar-refractivity contribution < 1.29 is 9.53 Å². The smallest absolute Gasteiger partial charge is 0.302 e. The molecule has 142 valence electrons. The van der Waals surface area contributed by atoms with Gasteiger partial charge in [0.2, 0.25) is 0 Å². The lowest BCUT2D eigenvalue weighted by Crippen LogP contribution is -2.25. The zero-order valence-electron chi connectivity index (χ0n) is 16.2. The quantitative estimate of drug-likeness (QED) is 0.378. The summed E-state index contributed by atoms with van der Waals surface area (Å²) >= 11 is 0. The maximum atomic E-state index is 10.7. The molecule has 2 saturated carbocycles. The third-order valence-corrected chi connectivity index (χ3v) is 6.57. The molecule has 0 radical (unpaired) electrons. The van der Waals surface area contributed by atoms with E-state index in [1.54, 1.807) is 0 Å². The summed E-state index contributed by atoms with van der Waals surface area (Å²) in [6.45, 7) is 2.07. The predicted octanol–water partition coefficient (Wildman–Crippen LogP) is 6.03. The highest BCUT2D eigenvalue weighted by atomic mass is 16.5. The molecule has 0 aromatic heterocycles. The summed E-state index contributed by atoms with van der Waals surface area (Å²) in [6.07, 6.45) is 18.3. The normalized spacial score (nSPS) is 29.8. The summed E-state index contributed by atoms with van der Waals surface area (Å²) in [5, 5.41) is 9.04. The van der Waals surface area contributed by atoms with Gasteiger partial charge >= 0.3 is 5.97 Å². The molecule has 0 amide bonds. The van der Waals surface area contributed by atoms with E-state index in [9.17, 15) is 4.79 Å². The maximum Gasteiger partial charge on any atom is 0.302 e. The van der Waals surface area contributed by atoms with Crippen LogP contribution >= 0.6 is 0 Å². The van der Waals surface area contributed by atoms with Gasteiger partial charge in [-0.25, -0.2) is 0 Å². The van der Waals surface area contributed by atoms with Gasteiger partial charge in [0.05, 0.1) is 12.7 Å². The van der Waals surface area contributed by atoms with Crippen molar-refractivity contribution in [3.05, 3.63) is 0 Å². The molecule has 0 atom stereocenters. The number of nitriles is 1. The molecule has 0 aromatic carbocycles. The Kier molecular flexibility index (Phi) is 9.37. The first-order chi connectivity index (χ1) is 12.2. The molecule has 3 heteroatoms. The van der Waals surface area contributed by atoms with Gasteiger partial charge in [-0.3, -0.25) is 4.79 Å². The summed E-state index contributed by atoms with van der Waals surface area (Å²) in [5.41, 5.74) is 0. The average molecular weight is 348 g/mol. The molecule has 3 nitrogen and oxygen atoms in total. The molecule has 2 aliphatic rings. The molecule has 0 heterocycles. The molecule has 0 spiro atoms. The second-order valence-corrected chi connectivity index (χ2v) is 8.42. The third kappa shape index (κ3) is 7.80. The summed E-state index contributed by atoms with van der Waals surface area (Å²) in [7, 11) is 0. The Morgan fingerprint density at radius 2 is 1.44 bits per heavy atom. The highest BCUT2D eigenvalue weighted by Crippen LogP contribution is 2.42. The first-order valence-electron chi connectivity index (χ1n) is 10.7. The Balaban J connectivity index is 1.46. The van der Waals surface area contributed by atoms with E-state index < -0.39 is 0 Å². The number of rotatable bonds is 9. The lowest BCUT2D eigenvalue weighted by atomic mass is 9.69. The van der Waals surface area contributed by atoms with Crippen molar-refractivity contribution in [1.29, 1.82) is 5.26 Å². The predicted molar refractivity (Wildman–Crippen MR) is 101 cm³/mol. The molecule has 0 saturated heterocycles. The molecule has 0 aromatic rings. The van der Waals surface area contributed by atoms with E-state index in [0.717, 1.165) is 37.0 Å². The van der Waals surface area contributed by atoms with Crippen LogP contribution in [0.1, 0.15) is 96.8 Å². The van der Waals surface area contributed by atoms with Crippen molar-refractivity contribution in [1.82, 2.24) is 0 Å². The number of hydrogen-bond donors (Lipinski definition) is 0. The van der Waals surface area contributed by atoms with Crippen molar-refractivity contribution >= 4 is 5.97 Å². The number of carbonyl (C=O) groups is 1. The van der Waals surface area contributed by atoms with Crippen molar-refractivity contribution in [2.24, 2.45) is 23.7 Å². The topological polar surface area (TPSA) is 50.1 Å². The largest absolute Gasteiger partial charge is 0.466 e. The molecular formula is C22H37NO2. The SMILES string of the molecule is CC(=O)OCCCCCCCC1CCC(C2CCC(C#N)CC2)CC1. The fourth-order valence-corrected chi connectivity index (χ4v) is 4.95. The van der Waals surface area contributed by atoms with Crippen molar-refractivity contribution in [3.63, 3.8) is 0 Å². The van der Waals surface area contributed by atoms with Crippen molar-refractivity contribution in [2.45, 2.75) is 96.8 Å². The fraction of sp³-hybridized carbons (Fsp3) is 0.909. The first kappa shape index (κ1) is 20.3. The van der Waals surface area contributed by atoms with Crippen LogP contribution in [0.15, 0.2) is 0 Å². The number of unbranched alkanes of at least 4 members (excludes halogenated alkanes) is 4. The lowest BCUT2D eigenvalue weighted by molar-refractivity contribution is -0.141. The summed E-state index contributed by atoms with van der Waals surface area (Å²) in [4.78, 5) is 10.7.